The van der Waals surface area contributed by atoms with Gasteiger partial charge in [-0.2, -0.15) is 0 Å². The number of nitrogens with zero attached hydrogens (tertiary/aromatic N) is 3. The second-order valence-corrected chi connectivity index (χ2v) is 8.89. The molecule has 0 aliphatic carbocycles. The van der Waals surface area contributed by atoms with Crippen molar-refractivity contribution >= 4 is 55.5 Å². The number of halogens is 1. The normalized spacial score (nSPS) is 11.1. The Morgan fingerprint density at radius 2 is 1.96 bits per heavy atom. The fourth-order valence-electron chi connectivity index (χ4n) is 2.77. The highest BCUT2D eigenvalue weighted by Crippen LogP contribution is 2.34. The number of aromatic nitrogens is 2. The topological polar surface area (TPSA) is 46.1 Å². The monoisotopic (exact) mass is 413 g/mol. The van der Waals surface area contributed by atoms with Gasteiger partial charge in [-0.25, -0.2) is 4.98 Å². The summed E-state index contributed by atoms with van der Waals surface area (Å²) in [6.07, 6.45) is 1.73. The Morgan fingerprint density at radius 3 is 2.67 bits per heavy atom. The van der Waals surface area contributed by atoms with E-state index in [9.17, 15) is 4.79 Å². The quantitative estimate of drug-likeness (QED) is 0.420. The van der Waals surface area contributed by atoms with Gasteiger partial charge in [0.1, 0.15) is 0 Å². The zero-order valence-corrected chi connectivity index (χ0v) is 17.2. The van der Waals surface area contributed by atoms with E-state index < -0.39 is 0 Å². The van der Waals surface area contributed by atoms with Crippen LogP contribution in [0.3, 0.4) is 0 Å². The van der Waals surface area contributed by atoms with Gasteiger partial charge < -0.3 is 0 Å². The van der Waals surface area contributed by atoms with Gasteiger partial charge in [-0.05, 0) is 55.3 Å². The Kier molecular flexibility index (Phi) is 4.95. The lowest BCUT2D eigenvalue weighted by Crippen LogP contribution is -2.30. The summed E-state index contributed by atoms with van der Waals surface area (Å²) in [7, 11) is 0. The summed E-state index contributed by atoms with van der Waals surface area (Å²) < 4.78 is 1.66. The lowest BCUT2D eigenvalue weighted by molar-refractivity contribution is 0.0988. The van der Waals surface area contributed by atoms with Gasteiger partial charge >= 0.3 is 0 Å². The summed E-state index contributed by atoms with van der Waals surface area (Å²) >= 11 is 8.83. The predicted molar refractivity (Wildman–Crippen MR) is 113 cm³/mol. The van der Waals surface area contributed by atoms with E-state index in [4.69, 9.17) is 16.6 Å². The summed E-state index contributed by atoms with van der Waals surface area (Å²) in [5, 5.41) is 0.666. The van der Waals surface area contributed by atoms with Crippen LogP contribution in [0.25, 0.3) is 10.2 Å². The molecule has 0 aliphatic rings. The zero-order valence-electron chi connectivity index (χ0n) is 14.8. The molecule has 7 heteroatoms. The van der Waals surface area contributed by atoms with Crippen molar-refractivity contribution in [3.8, 4) is 0 Å². The molecule has 0 aliphatic heterocycles. The van der Waals surface area contributed by atoms with E-state index in [2.05, 4.69) is 31.0 Å². The molecule has 3 heterocycles. The Hall–Kier alpha value is -2.28. The molecular formula is C20H16ClN3OS2. The number of rotatable bonds is 4. The first-order chi connectivity index (χ1) is 13.0. The molecule has 4 nitrogen and oxygen atoms in total. The van der Waals surface area contributed by atoms with E-state index in [1.807, 2.05) is 18.2 Å². The first-order valence-corrected chi connectivity index (χ1v) is 10.4. The van der Waals surface area contributed by atoms with E-state index in [1.54, 1.807) is 23.2 Å². The van der Waals surface area contributed by atoms with Crippen LogP contribution in [0.4, 0.5) is 5.13 Å². The van der Waals surface area contributed by atoms with Gasteiger partial charge in [-0.1, -0.05) is 35.1 Å². The third kappa shape index (κ3) is 3.60. The van der Waals surface area contributed by atoms with Gasteiger partial charge in [0.15, 0.2) is 5.13 Å². The maximum Gasteiger partial charge on any atom is 0.270 e. The lowest BCUT2D eigenvalue weighted by atomic mass is 10.1. The third-order valence-electron chi connectivity index (χ3n) is 4.38. The molecule has 0 unspecified atom stereocenters. The highest BCUT2D eigenvalue weighted by molar-refractivity contribution is 7.22. The lowest BCUT2D eigenvalue weighted by Gasteiger charge is -2.18. The van der Waals surface area contributed by atoms with Crippen LogP contribution in [0, 0.1) is 13.8 Å². The molecule has 0 saturated heterocycles. The van der Waals surface area contributed by atoms with Gasteiger partial charge in [-0.3, -0.25) is 14.7 Å². The predicted octanol–water partition coefficient (Wildman–Crippen LogP) is 5.87. The molecule has 0 spiro atoms. The molecular weight excluding hydrogens is 398 g/mol. The number of benzene rings is 1. The van der Waals surface area contributed by atoms with Crippen LogP contribution in [-0.2, 0) is 6.54 Å². The van der Waals surface area contributed by atoms with E-state index >= 15 is 0 Å². The minimum atomic E-state index is -0.119. The average molecular weight is 414 g/mol. The smallest absolute Gasteiger partial charge is 0.270 e. The van der Waals surface area contributed by atoms with Crippen molar-refractivity contribution in [1.29, 1.82) is 0 Å². The van der Waals surface area contributed by atoms with Crippen LogP contribution < -0.4 is 4.90 Å². The van der Waals surface area contributed by atoms with Crippen molar-refractivity contribution in [2.24, 2.45) is 0 Å². The van der Waals surface area contributed by atoms with Crippen LogP contribution in [-0.4, -0.2) is 15.9 Å². The van der Waals surface area contributed by atoms with E-state index in [0.717, 1.165) is 21.5 Å². The van der Waals surface area contributed by atoms with Gasteiger partial charge in [0.2, 0.25) is 0 Å². The van der Waals surface area contributed by atoms with Crippen LogP contribution in [0.2, 0.25) is 4.34 Å². The number of hydrogen-bond acceptors (Lipinski definition) is 5. The number of amides is 1. The van der Waals surface area contributed by atoms with Gasteiger partial charge in [0.25, 0.3) is 5.91 Å². The van der Waals surface area contributed by atoms with Crippen molar-refractivity contribution in [2.45, 2.75) is 20.4 Å². The number of aryl methyl sites for hydroxylation is 2. The summed E-state index contributed by atoms with van der Waals surface area (Å²) in [4.78, 5) is 24.6. The Labute approximate surface area is 170 Å². The van der Waals surface area contributed by atoms with Crippen molar-refractivity contribution in [2.75, 3.05) is 4.90 Å². The second kappa shape index (κ2) is 7.38. The Bertz CT molecular complexity index is 1120. The Morgan fingerprint density at radius 1 is 1.11 bits per heavy atom. The van der Waals surface area contributed by atoms with E-state index in [0.29, 0.717) is 20.9 Å². The molecule has 0 saturated carbocycles. The van der Waals surface area contributed by atoms with E-state index in [1.165, 1.54) is 28.2 Å². The molecule has 0 radical (unpaired) electrons. The van der Waals surface area contributed by atoms with Gasteiger partial charge in [-0.15, -0.1) is 11.3 Å². The largest absolute Gasteiger partial charge is 0.277 e. The fourth-order valence-corrected chi connectivity index (χ4v) is 4.79. The highest BCUT2D eigenvalue weighted by atomic mass is 35.5. The number of thiophene rings is 1. The Balaban J connectivity index is 1.79. The molecule has 4 aromatic rings. The maximum absolute atomic E-state index is 13.2. The first kappa shape index (κ1) is 18.1. The highest BCUT2D eigenvalue weighted by Gasteiger charge is 2.24. The van der Waals surface area contributed by atoms with Crippen molar-refractivity contribution in [1.82, 2.24) is 9.97 Å². The van der Waals surface area contributed by atoms with Gasteiger partial charge in [0, 0.05) is 6.20 Å². The average Bonchev–Trinajstić information content (AvgIpc) is 3.30. The number of hydrogen-bond donors (Lipinski definition) is 0. The summed E-state index contributed by atoms with van der Waals surface area (Å²) in [6.45, 7) is 4.48. The molecule has 1 amide bonds. The molecule has 0 atom stereocenters. The number of carbonyl (C=O) groups is 1. The van der Waals surface area contributed by atoms with Crippen molar-refractivity contribution in [3.63, 3.8) is 0 Å². The number of anilines is 1. The first-order valence-electron chi connectivity index (χ1n) is 8.37. The van der Waals surface area contributed by atoms with Crippen LogP contribution in [0.15, 0.2) is 48.7 Å². The number of pyridine rings is 1. The van der Waals surface area contributed by atoms with Gasteiger partial charge in [0.05, 0.1) is 31.7 Å². The van der Waals surface area contributed by atoms with Crippen molar-refractivity contribution in [3.05, 3.63) is 74.7 Å². The van der Waals surface area contributed by atoms with Crippen LogP contribution in [0.5, 0.6) is 0 Å². The fraction of sp³-hybridized carbons (Fsp3) is 0.150. The van der Waals surface area contributed by atoms with Crippen LogP contribution >= 0.6 is 34.3 Å². The second-order valence-electron chi connectivity index (χ2n) is 6.17. The molecule has 4 rings (SSSR count). The number of carbonyl (C=O) groups excluding carboxylic acids is 1. The summed E-state index contributed by atoms with van der Waals surface area (Å²) in [5.74, 6) is -0.119. The molecule has 27 heavy (non-hydrogen) atoms. The van der Waals surface area contributed by atoms with Crippen molar-refractivity contribution < 1.29 is 4.79 Å². The maximum atomic E-state index is 13.2. The molecule has 136 valence electrons. The molecule has 3 aromatic heterocycles. The standard InChI is InChI=1S/C20H16ClN3OS2/c1-12-6-7-15-18(13(12)2)23-20(27-15)24(11-14-5-3-4-10-22-14)19(25)16-8-9-17(21)26-16/h3-10H,11H2,1-2H3. The number of fused-ring (bicyclic) bond motifs is 1. The summed E-state index contributed by atoms with van der Waals surface area (Å²) in [5.41, 5.74) is 4.07. The van der Waals surface area contributed by atoms with Crippen LogP contribution in [0.1, 0.15) is 26.5 Å². The molecule has 0 N–H and O–H groups in total. The molecule has 0 bridgehead atoms. The zero-order chi connectivity index (χ0) is 19.0. The SMILES string of the molecule is Cc1ccc2sc(N(Cc3ccccn3)C(=O)c3ccc(Cl)s3)nc2c1C. The molecule has 0 fully saturated rings. The number of thiazole rings is 1. The summed E-state index contributed by atoms with van der Waals surface area (Å²) in [6, 6.07) is 13.3. The minimum absolute atomic E-state index is 0.119. The van der Waals surface area contributed by atoms with E-state index in [-0.39, 0.29) is 5.91 Å². The third-order valence-corrected chi connectivity index (χ3v) is 6.64. The molecule has 1 aromatic carbocycles. The minimum Gasteiger partial charge on any atom is -0.277 e.